The summed E-state index contributed by atoms with van der Waals surface area (Å²) in [5.41, 5.74) is 3.91. The number of nitrogens with zero attached hydrogens (tertiary/aromatic N) is 2. The van der Waals surface area contributed by atoms with Crippen LogP contribution in [0.25, 0.3) is 10.9 Å². The average molecular weight is 430 g/mol. The van der Waals surface area contributed by atoms with Gasteiger partial charge in [0.05, 0.1) is 0 Å². The molecule has 0 radical (unpaired) electrons. The van der Waals surface area contributed by atoms with Crippen molar-refractivity contribution < 1.29 is 4.79 Å². The second-order valence-corrected chi connectivity index (χ2v) is 9.68. The fourth-order valence-electron chi connectivity index (χ4n) is 5.91. The van der Waals surface area contributed by atoms with Crippen molar-refractivity contribution in [2.45, 2.75) is 69.5 Å². The number of likely N-dealkylation sites (tertiary alicyclic amines) is 1. The quantitative estimate of drug-likeness (QED) is 0.629. The van der Waals surface area contributed by atoms with Gasteiger partial charge in [0.15, 0.2) is 0 Å². The number of benzene rings is 2. The van der Waals surface area contributed by atoms with Crippen LogP contribution in [0.15, 0.2) is 60.8 Å². The summed E-state index contributed by atoms with van der Waals surface area (Å²) in [4.78, 5) is 15.7. The predicted molar refractivity (Wildman–Crippen MR) is 131 cm³/mol. The summed E-state index contributed by atoms with van der Waals surface area (Å²) in [5.74, 6) is 0.331. The molecule has 4 heteroatoms. The standard InChI is InChI=1S/C28H35N3O/c1-30-20-22(24-12-7-8-14-26(24)30)15-16-28(32)31-17-9-3-6-13-25-27(31)19-23(29-25)18-21-10-4-2-5-11-21/h2,4-5,7-8,10-12,14,20,23,25,27,29H,3,6,9,13,15-19H2,1H3/t23-,25-,27+/m0/s1. The summed E-state index contributed by atoms with van der Waals surface area (Å²) in [5, 5.41) is 5.17. The minimum Gasteiger partial charge on any atom is -0.350 e. The first kappa shape index (κ1) is 21.3. The molecular weight excluding hydrogens is 394 g/mol. The van der Waals surface area contributed by atoms with Gasteiger partial charge in [-0.3, -0.25) is 4.79 Å². The van der Waals surface area contributed by atoms with Crippen LogP contribution in [0.4, 0.5) is 0 Å². The lowest BCUT2D eigenvalue weighted by atomic mass is 9.95. The summed E-state index contributed by atoms with van der Waals surface area (Å²) in [6, 6.07) is 20.5. The maximum absolute atomic E-state index is 13.5. The Bertz CT molecular complexity index is 1060. The minimum absolute atomic E-state index is 0.331. The molecule has 1 amide bonds. The van der Waals surface area contributed by atoms with E-state index >= 15 is 0 Å². The number of hydrogen-bond donors (Lipinski definition) is 1. The van der Waals surface area contributed by atoms with Crippen molar-refractivity contribution >= 4 is 16.8 Å². The summed E-state index contributed by atoms with van der Waals surface area (Å²) in [6.07, 6.45) is 10.5. The van der Waals surface area contributed by atoms with Gasteiger partial charge in [-0.05, 0) is 49.3 Å². The number of rotatable bonds is 5. The van der Waals surface area contributed by atoms with Crippen molar-refractivity contribution in [1.29, 1.82) is 0 Å². The van der Waals surface area contributed by atoms with Gasteiger partial charge in [0.2, 0.25) is 5.91 Å². The number of carbonyl (C=O) groups excluding carboxylic acids is 1. The third kappa shape index (κ3) is 4.47. The molecule has 2 aromatic carbocycles. The molecule has 1 N–H and O–H groups in total. The van der Waals surface area contributed by atoms with E-state index in [1.54, 1.807) is 0 Å². The maximum atomic E-state index is 13.5. The lowest BCUT2D eigenvalue weighted by Gasteiger charge is -2.35. The zero-order valence-corrected chi connectivity index (χ0v) is 19.2. The molecule has 2 fully saturated rings. The van der Waals surface area contributed by atoms with Crippen LogP contribution in [0.1, 0.15) is 49.7 Å². The molecule has 2 saturated heterocycles. The van der Waals surface area contributed by atoms with E-state index in [1.165, 1.54) is 41.3 Å². The highest BCUT2D eigenvalue weighted by Gasteiger charge is 2.39. The monoisotopic (exact) mass is 429 g/mol. The lowest BCUT2D eigenvalue weighted by Crippen LogP contribution is -2.48. The first-order valence-electron chi connectivity index (χ1n) is 12.3. The smallest absolute Gasteiger partial charge is 0.223 e. The van der Waals surface area contributed by atoms with Crippen LogP contribution in [-0.4, -0.2) is 40.0 Å². The van der Waals surface area contributed by atoms with E-state index in [1.807, 2.05) is 0 Å². The molecular formula is C28H35N3O. The van der Waals surface area contributed by atoms with Gasteiger partial charge in [-0.1, -0.05) is 61.4 Å². The zero-order valence-electron chi connectivity index (χ0n) is 19.2. The summed E-state index contributed by atoms with van der Waals surface area (Å²) in [6.45, 7) is 0.912. The average Bonchev–Trinajstić information content (AvgIpc) is 3.33. The zero-order chi connectivity index (χ0) is 21.9. The van der Waals surface area contributed by atoms with E-state index in [-0.39, 0.29) is 0 Å². The van der Waals surface area contributed by atoms with Gasteiger partial charge < -0.3 is 14.8 Å². The van der Waals surface area contributed by atoms with Crippen molar-refractivity contribution in [2.75, 3.05) is 6.54 Å². The van der Waals surface area contributed by atoms with Gasteiger partial charge in [0, 0.05) is 55.2 Å². The van der Waals surface area contributed by atoms with Crippen LogP contribution in [0, 0.1) is 0 Å². The van der Waals surface area contributed by atoms with Crippen LogP contribution in [0.2, 0.25) is 0 Å². The largest absolute Gasteiger partial charge is 0.350 e. The molecule has 3 heterocycles. The Balaban J connectivity index is 1.28. The molecule has 0 bridgehead atoms. The van der Waals surface area contributed by atoms with E-state index in [4.69, 9.17) is 0 Å². The Morgan fingerprint density at radius 1 is 1.03 bits per heavy atom. The Morgan fingerprint density at radius 3 is 2.72 bits per heavy atom. The Labute approximate surface area is 191 Å². The number of aromatic nitrogens is 1. The van der Waals surface area contributed by atoms with Gasteiger partial charge in [-0.2, -0.15) is 0 Å². The number of amides is 1. The highest BCUT2D eigenvalue weighted by molar-refractivity contribution is 5.85. The van der Waals surface area contributed by atoms with E-state index < -0.39 is 0 Å². The maximum Gasteiger partial charge on any atom is 0.223 e. The normalized spacial score (nSPS) is 23.7. The Hall–Kier alpha value is -2.59. The number of hydrogen-bond acceptors (Lipinski definition) is 2. The van der Waals surface area contributed by atoms with Crippen LogP contribution in [-0.2, 0) is 24.7 Å². The molecule has 168 valence electrons. The third-order valence-electron chi connectivity index (χ3n) is 7.49. The third-order valence-corrected chi connectivity index (χ3v) is 7.49. The van der Waals surface area contributed by atoms with Crippen molar-refractivity contribution in [2.24, 2.45) is 7.05 Å². The SMILES string of the molecule is Cn1cc(CCC(=O)N2CCCCC[C@@H]3N[C@@H](Cc4ccccc4)C[C@H]32)c2ccccc21. The lowest BCUT2D eigenvalue weighted by molar-refractivity contribution is -0.134. The van der Waals surface area contributed by atoms with E-state index in [9.17, 15) is 4.79 Å². The molecule has 0 spiro atoms. The van der Waals surface area contributed by atoms with Crippen LogP contribution >= 0.6 is 0 Å². The van der Waals surface area contributed by atoms with Crippen LogP contribution in [0.3, 0.4) is 0 Å². The molecule has 0 aliphatic carbocycles. The topological polar surface area (TPSA) is 37.3 Å². The second-order valence-electron chi connectivity index (χ2n) is 9.68. The molecule has 3 aromatic rings. The highest BCUT2D eigenvalue weighted by atomic mass is 16.2. The molecule has 2 aliphatic heterocycles. The summed E-state index contributed by atoms with van der Waals surface area (Å²) in [7, 11) is 2.09. The molecule has 5 rings (SSSR count). The fourth-order valence-corrected chi connectivity index (χ4v) is 5.91. The predicted octanol–water partition coefficient (Wildman–Crippen LogP) is 4.86. The Morgan fingerprint density at radius 2 is 1.84 bits per heavy atom. The van der Waals surface area contributed by atoms with E-state index in [2.05, 4.69) is 82.6 Å². The number of fused-ring (bicyclic) bond motifs is 2. The Kier molecular flexibility index (Phi) is 6.31. The van der Waals surface area contributed by atoms with Gasteiger partial charge in [0.1, 0.15) is 0 Å². The van der Waals surface area contributed by atoms with Crippen LogP contribution in [0.5, 0.6) is 0 Å². The van der Waals surface area contributed by atoms with Gasteiger partial charge in [-0.25, -0.2) is 0 Å². The molecule has 0 saturated carbocycles. The second kappa shape index (κ2) is 9.50. The van der Waals surface area contributed by atoms with Crippen molar-refractivity contribution in [3.63, 3.8) is 0 Å². The molecule has 4 nitrogen and oxygen atoms in total. The minimum atomic E-state index is 0.331. The number of carbonyl (C=O) groups is 1. The van der Waals surface area contributed by atoms with Gasteiger partial charge >= 0.3 is 0 Å². The molecule has 3 atom stereocenters. The first-order valence-corrected chi connectivity index (χ1v) is 12.3. The molecule has 2 aliphatic rings. The van der Waals surface area contributed by atoms with Gasteiger partial charge in [0.25, 0.3) is 0 Å². The number of aryl methyl sites for hydroxylation is 2. The summed E-state index contributed by atoms with van der Waals surface area (Å²) < 4.78 is 2.18. The van der Waals surface area contributed by atoms with Crippen molar-refractivity contribution in [1.82, 2.24) is 14.8 Å². The number of para-hydroxylation sites is 1. The fraction of sp³-hybridized carbons (Fsp3) is 0.464. The summed E-state index contributed by atoms with van der Waals surface area (Å²) >= 11 is 0. The van der Waals surface area contributed by atoms with E-state index in [0.29, 0.717) is 30.5 Å². The molecule has 1 aromatic heterocycles. The van der Waals surface area contributed by atoms with Crippen molar-refractivity contribution in [3.8, 4) is 0 Å². The highest BCUT2D eigenvalue weighted by Crippen LogP contribution is 2.29. The first-order chi connectivity index (χ1) is 15.7. The van der Waals surface area contributed by atoms with Crippen LogP contribution < -0.4 is 5.32 Å². The van der Waals surface area contributed by atoms with Gasteiger partial charge in [-0.15, -0.1) is 0 Å². The van der Waals surface area contributed by atoms with Crippen molar-refractivity contribution in [3.05, 3.63) is 71.9 Å². The molecule has 0 unspecified atom stereocenters. The molecule has 32 heavy (non-hydrogen) atoms. The van der Waals surface area contributed by atoms with E-state index in [0.717, 1.165) is 32.2 Å². The number of nitrogens with one attached hydrogen (secondary N) is 1.